The lowest BCUT2D eigenvalue weighted by atomic mass is 9.96. The van der Waals surface area contributed by atoms with Gasteiger partial charge in [0.2, 0.25) is 5.91 Å². The van der Waals surface area contributed by atoms with Gasteiger partial charge in [0, 0.05) is 16.1 Å². The molecule has 26 heavy (non-hydrogen) atoms. The zero-order valence-corrected chi connectivity index (χ0v) is 15.6. The van der Waals surface area contributed by atoms with Gasteiger partial charge in [-0.15, -0.1) is 0 Å². The first kappa shape index (κ1) is 18.1. The monoisotopic (exact) mass is 370 g/mol. The van der Waals surface area contributed by atoms with Crippen LogP contribution in [-0.4, -0.2) is 36.8 Å². The number of methoxy groups -OCH3 is 1. The molecule has 0 atom stereocenters. The number of fused-ring (bicyclic) bond motifs is 1. The van der Waals surface area contributed by atoms with Crippen molar-refractivity contribution in [2.75, 3.05) is 18.6 Å². The van der Waals surface area contributed by atoms with Crippen molar-refractivity contribution in [3.05, 3.63) is 64.7 Å². The van der Waals surface area contributed by atoms with Crippen molar-refractivity contribution in [3.8, 4) is 0 Å². The molecule has 3 rings (SSSR count). The molecule has 0 fully saturated rings. The van der Waals surface area contributed by atoms with Crippen LogP contribution in [0.5, 0.6) is 0 Å². The van der Waals surface area contributed by atoms with Crippen molar-refractivity contribution in [2.24, 2.45) is 4.99 Å². The summed E-state index contributed by atoms with van der Waals surface area (Å²) in [6, 6.07) is 14.8. The minimum Gasteiger partial charge on any atom is -0.467 e. The van der Waals surface area contributed by atoms with Crippen molar-refractivity contribution in [2.45, 2.75) is 19.4 Å². The number of nitrogens with zero attached hydrogens (tertiary/aromatic N) is 2. The van der Waals surface area contributed by atoms with Crippen LogP contribution in [0.2, 0.25) is 5.02 Å². The Morgan fingerprint density at radius 3 is 2.54 bits per heavy atom. The first-order valence-electron chi connectivity index (χ1n) is 8.17. The molecule has 2 aromatic carbocycles. The van der Waals surface area contributed by atoms with E-state index in [0.717, 1.165) is 5.56 Å². The molecule has 1 heterocycles. The third-order valence-corrected chi connectivity index (χ3v) is 4.60. The Labute approximate surface area is 157 Å². The molecular weight excluding hydrogens is 352 g/mol. The molecule has 0 saturated carbocycles. The van der Waals surface area contributed by atoms with Gasteiger partial charge in [-0.25, -0.2) is 4.79 Å². The summed E-state index contributed by atoms with van der Waals surface area (Å²) >= 11 is 6.22. The standard InChI is InChI=1S/C20H19ClN2O3/c1-20(2,19(25)26-3)23-16-10-9-14(21)11-15(16)18(22-12-17(23)24)13-7-5-4-6-8-13/h4-11H,12H2,1-3H3. The molecule has 0 aliphatic carbocycles. The normalized spacial score (nSPS) is 14.4. The molecule has 0 N–H and O–H groups in total. The fraction of sp³-hybridized carbons (Fsp3) is 0.250. The van der Waals surface area contributed by atoms with Gasteiger partial charge < -0.3 is 4.74 Å². The second-order valence-electron chi connectivity index (χ2n) is 6.47. The highest BCUT2D eigenvalue weighted by Gasteiger charge is 2.42. The fourth-order valence-corrected chi connectivity index (χ4v) is 3.30. The average Bonchev–Trinajstić information content (AvgIpc) is 2.77. The van der Waals surface area contributed by atoms with E-state index >= 15 is 0 Å². The number of carbonyl (C=O) groups excluding carboxylic acids is 2. The molecule has 1 aliphatic rings. The Morgan fingerprint density at radius 1 is 1.19 bits per heavy atom. The number of benzene rings is 2. The van der Waals surface area contributed by atoms with E-state index in [2.05, 4.69) is 4.99 Å². The van der Waals surface area contributed by atoms with Crippen molar-refractivity contribution in [3.63, 3.8) is 0 Å². The molecular formula is C20H19ClN2O3. The summed E-state index contributed by atoms with van der Waals surface area (Å²) < 4.78 is 4.91. The fourth-order valence-electron chi connectivity index (χ4n) is 3.13. The smallest absolute Gasteiger partial charge is 0.331 e. The maximum atomic E-state index is 12.9. The van der Waals surface area contributed by atoms with Crippen molar-refractivity contribution < 1.29 is 14.3 Å². The van der Waals surface area contributed by atoms with Crippen molar-refractivity contribution in [1.82, 2.24) is 0 Å². The van der Waals surface area contributed by atoms with Gasteiger partial charge in [0.1, 0.15) is 12.1 Å². The number of benzodiazepines with no additional fused rings is 1. The van der Waals surface area contributed by atoms with Gasteiger partial charge >= 0.3 is 5.97 Å². The third-order valence-electron chi connectivity index (χ3n) is 4.37. The number of halogens is 1. The molecule has 0 unspecified atom stereocenters. The van der Waals surface area contributed by atoms with Crippen LogP contribution in [0, 0.1) is 0 Å². The average molecular weight is 371 g/mol. The molecule has 1 amide bonds. The highest BCUT2D eigenvalue weighted by atomic mass is 35.5. The van der Waals surface area contributed by atoms with Gasteiger partial charge in [-0.3, -0.25) is 14.7 Å². The molecule has 134 valence electrons. The number of rotatable bonds is 3. The molecule has 1 aliphatic heterocycles. The summed E-state index contributed by atoms with van der Waals surface area (Å²) in [5.74, 6) is -0.787. The van der Waals surface area contributed by atoms with E-state index in [9.17, 15) is 9.59 Å². The Hall–Kier alpha value is -2.66. The number of ether oxygens (including phenoxy) is 1. The Morgan fingerprint density at radius 2 is 1.88 bits per heavy atom. The number of hydrogen-bond acceptors (Lipinski definition) is 4. The topological polar surface area (TPSA) is 59.0 Å². The summed E-state index contributed by atoms with van der Waals surface area (Å²) in [4.78, 5) is 31.2. The van der Waals surface area contributed by atoms with Crippen LogP contribution in [0.4, 0.5) is 5.69 Å². The van der Waals surface area contributed by atoms with Crippen molar-refractivity contribution in [1.29, 1.82) is 0 Å². The summed E-state index contributed by atoms with van der Waals surface area (Å²) in [5.41, 5.74) is 1.64. The van der Waals surface area contributed by atoms with Gasteiger partial charge in [0.15, 0.2) is 0 Å². The maximum absolute atomic E-state index is 12.9. The molecule has 5 nitrogen and oxygen atoms in total. The minimum atomic E-state index is -1.18. The molecule has 0 radical (unpaired) electrons. The summed E-state index contributed by atoms with van der Waals surface area (Å²) in [7, 11) is 1.31. The largest absolute Gasteiger partial charge is 0.467 e. The van der Waals surface area contributed by atoms with Crippen LogP contribution >= 0.6 is 11.6 Å². The second-order valence-corrected chi connectivity index (χ2v) is 6.91. The number of esters is 1. The molecule has 0 aromatic heterocycles. The van der Waals surface area contributed by atoms with E-state index in [4.69, 9.17) is 16.3 Å². The molecule has 0 spiro atoms. The Bertz CT molecular complexity index is 891. The first-order valence-corrected chi connectivity index (χ1v) is 8.55. The zero-order chi connectivity index (χ0) is 18.9. The van der Waals surface area contributed by atoms with E-state index in [0.29, 0.717) is 22.0 Å². The Balaban J connectivity index is 2.23. The van der Waals surface area contributed by atoms with E-state index in [1.807, 2.05) is 30.3 Å². The van der Waals surface area contributed by atoms with Gasteiger partial charge in [-0.05, 0) is 32.0 Å². The van der Waals surface area contributed by atoms with Crippen LogP contribution < -0.4 is 4.90 Å². The molecule has 0 saturated heterocycles. The van der Waals surface area contributed by atoms with E-state index in [-0.39, 0.29) is 12.5 Å². The quantitative estimate of drug-likeness (QED) is 0.777. The van der Waals surface area contributed by atoms with Crippen molar-refractivity contribution >= 4 is 34.9 Å². The van der Waals surface area contributed by atoms with Crippen LogP contribution in [0.1, 0.15) is 25.0 Å². The second kappa shape index (κ2) is 6.92. The number of amides is 1. The predicted octanol–water partition coefficient (Wildman–Crippen LogP) is 3.48. The van der Waals surface area contributed by atoms with Crippen LogP contribution in [0.25, 0.3) is 0 Å². The van der Waals surface area contributed by atoms with E-state index in [1.54, 1.807) is 32.0 Å². The van der Waals surface area contributed by atoms with Gasteiger partial charge in [0.05, 0.1) is 18.5 Å². The first-order chi connectivity index (χ1) is 12.4. The van der Waals surface area contributed by atoms with Crippen LogP contribution in [-0.2, 0) is 14.3 Å². The minimum absolute atomic E-state index is 0.0725. The van der Waals surface area contributed by atoms with E-state index in [1.165, 1.54) is 12.0 Å². The predicted molar refractivity (Wildman–Crippen MR) is 102 cm³/mol. The van der Waals surface area contributed by atoms with Crippen LogP contribution in [0.3, 0.4) is 0 Å². The molecule has 2 aromatic rings. The summed E-state index contributed by atoms with van der Waals surface area (Å²) in [6.45, 7) is 3.24. The number of aliphatic imine (C=N–C) groups is 1. The van der Waals surface area contributed by atoms with E-state index < -0.39 is 11.5 Å². The van der Waals surface area contributed by atoms with Crippen LogP contribution in [0.15, 0.2) is 53.5 Å². The number of anilines is 1. The molecule has 6 heteroatoms. The number of carbonyl (C=O) groups is 2. The lowest BCUT2D eigenvalue weighted by Gasteiger charge is -2.36. The van der Waals surface area contributed by atoms with Gasteiger partial charge in [0.25, 0.3) is 0 Å². The van der Waals surface area contributed by atoms with Gasteiger partial charge in [-0.2, -0.15) is 0 Å². The Kier molecular flexibility index (Phi) is 4.83. The number of hydrogen-bond donors (Lipinski definition) is 0. The third kappa shape index (κ3) is 3.10. The van der Waals surface area contributed by atoms with Gasteiger partial charge in [-0.1, -0.05) is 41.9 Å². The highest BCUT2D eigenvalue weighted by molar-refractivity contribution is 6.32. The SMILES string of the molecule is COC(=O)C(C)(C)N1C(=O)CN=C(c2ccccc2)c2cc(Cl)ccc21. The lowest BCUT2D eigenvalue weighted by molar-refractivity contribution is -0.147. The lowest BCUT2D eigenvalue weighted by Crippen LogP contribution is -2.54. The highest BCUT2D eigenvalue weighted by Crippen LogP contribution is 2.34. The molecule has 0 bridgehead atoms. The summed E-state index contributed by atoms with van der Waals surface area (Å²) in [5, 5.41) is 0.526. The zero-order valence-electron chi connectivity index (χ0n) is 14.8. The maximum Gasteiger partial charge on any atom is 0.331 e. The summed E-state index contributed by atoms with van der Waals surface area (Å²) in [6.07, 6.45) is 0.